The van der Waals surface area contributed by atoms with E-state index in [9.17, 15) is 4.79 Å². The molecule has 1 aliphatic carbocycles. The summed E-state index contributed by atoms with van der Waals surface area (Å²) in [5, 5.41) is 1.17. The maximum Gasteiger partial charge on any atom is 0.325 e. The van der Waals surface area contributed by atoms with Crippen molar-refractivity contribution in [3.63, 3.8) is 0 Å². The zero-order valence-corrected chi connectivity index (χ0v) is 20.3. The number of fused-ring (bicyclic) bond motifs is 1. The van der Waals surface area contributed by atoms with E-state index < -0.39 is 0 Å². The van der Waals surface area contributed by atoms with Crippen LogP contribution in [0.5, 0.6) is 11.5 Å². The number of nitrogens with zero attached hydrogens (tertiary/aromatic N) is 2. The molecule has 3 aromatic rings. The van der Waals surface area contributed by atoms with Crippen molar-refractivity contribution in [3.8, 4) is 11.5 Å². The van der Waals surface area contributed by atoms with Gasteiger partial charge in [0.1, 0.15) is 0 Å². The van der Waals surface area contributed by atoms with Gasteiger partial charge in [0.2, 0.25) is 0 Å². The Balaban J connectivity index is 1.30. The molecule has 1 saturated carbocycles. The molecule has 1 atom stereocenters. The first-order valence-corrected chi connectivity index (χ1v) is 12.6. The van der Waals surface area contributed by atoms with Crippen molar-refractivity contribution in [2.24, 2.45) is 5.92 Å². The maximum absolute atomic E-state index is 13.6. The Hall–Kier alpha value is -3.15. The standard InChI is InChI=1S/C28H35N3O3/c1-20-14-16-30(28(32)31(20)19-22-7-5-8-25-24(22)13-15-29-25)23-11-12-26(33-2)27(18-23)34-17-4-3-6-21-9-10-21/h5,7-8,11-13,15,18,20-21,29H,3-4,6,9-10,14,16-17,19H2,1-2H3/t20-/m0/s1. The topological polar surface area (TPSA) is 57.8 Å². The van der Waals surface area contributed by atoms with Crippen LogP contribution in [0, 0.1) is 5.92 Å². The fourth-order valence-electron chi connectivity index (χ4n) is 4.92. The number of anilines is 1. The highest BCUT2D eigenvalue weighted by molar-refractivity contribution is 5.94. The Morgan fingerprint density at radius 3 is 2.76 bits per heavy atom. The smallest absolute Gasteiger partial charge is 0.325 e. The van der Waals surface area contributed by atoms with E-state index >= 15 is 0 Å². The lowest BCUT2D eigenvalue weighted by atomic mass is 10.1. The molecular weight excluding hydrogens is 426 g/mol. The van der Waals surface area contributed by atoms with Crippen molar-refractivity contribution in [1.82, 2.24) is 9.88 Å². The van der Waals surface area contributed by atoms with E-state index in [0.29, 0.717) is 31.2 Å². The van der Waals surface area contributed by atoms with Crippen LogP contribution in [0.1, 0.15) is 51.0 Å². The van der Waals surface area contributed by atoms with Crippen LogP contribution in [0.2, 0.25) is 0 Å². The highest BCUT2D eigenvalue weighted by Gasteiger charge is 2.32. The first-order valence-electron chi connectivity index (χ1n) is 12.6. The van der Waals surface area contributed by atoms with Gasteiger partial charge in [-0.2, -0.15) is 0 Å². The number of nitrogens with one attached hydrogen (secondary N) is 1. The van der Waals surface area contributed by atoms with Crippen LogP contribution in [0.25, 0.3) is 10.9 Å². The van der Waals surface area contributed by atoms with Crippen molar-refractivity contribution in [1.29, 1.82) is 0 Å². The summed E-state index contributed by atoms with van der Waals surface area (Å²) in [5.74, 6) is 2.37. The van der Waals surface area contributed by atoms with Gasteiger partial charge in [0.15, 0.2) is 11.5 Å². The number of H-pyrrole nitrogens is 1. The summed E-state index contributed by atoms with van der Waals surface area (Å²) in [5.41, 5.74) is 3.11. The SMILES string of the molecule is COc1ccc(N2CC[C@H](C)N(Cc3cccc4[nH]ccc34)C2=O)cc1OCCCCC1CC1. The van der Waals surface area contributed by atoms with E-state index in [1.165, 1.54) is 31.1 Å². The third-order valence-corrected chi connectivity index (χ3v) is 7.23. The Morgan fingerprint density at radius 1 is 1.06 bits per heavy atom. The number of unbranched alkanes of at least 4 members (excludes halogenated alkanes) is 1. The minimum absolute atomic E-state index is 0.0341. The molecule has 0 radical (unpaired) electrons. The molecule has 1 saturated heterocycles. The molecule has 2 aliphatic rings. The van der Waals surface area contributed by atoms with E-state index in [1.54, 1.807) is 7.11 Å². The second kappa shape index (κ2) is 10.00. The summed E-state index contributed by atoms with van der Waals surface area (Å²) >= 11 is 0. The molecule has 2 fully saturated rings. The normalized spacial score (nSPS) is 18.5. The number of hydrogen-bond acceptors (Lipinski definition) is 3. The number of benzene rings is 2. The lowest BCUT2D eigenvalue weighted by molar-refractivity contribution is 0.166. The molecule has 1 N–H and O–H groups in total. The molecule has 0 spiro atoms. The first-order chi connectivity index (χ1) is 16.6. The number of urea groups is 1. The lowest BCUT2D eigenvalue weighted by Crippen LogP contribution is -2.53. The van der Waals surface area contributed by atoms with Gasteiger partial charge in [-0.05, 0) is 61.9 Å². The van der Waals surface area contributed by atoms with Gasteiger partial charge < -0.3 is 19.4 Å². The number of carbonyl (C=O) groups excluding carboxylic acids is 1. The third-order valence-electron chi connectivity index (χ3n) is 7.23. The number of aromatic nitrogens is 1. The molecule has 1 aliphatic heterocycles. The molecule has 6 nitrogen and oxygen atoms in total. The number of carbonyl (C=O) groups is 1. The average molecular weight is 462 g/mol. The largest absolute Gasteiger partial charge is 0.493 e. The van der Waals surface area contributed by atoms with E-state index in [0.717, 1.165) is 35.5 Å². The van der Waals surface area contributed by atoms with E-state index in [4.69, 9.17) is 9.47 Å². The van der Waals surface area contributed by atoms with Crippen molar-refractivity contribution < 1.29 is 14.3 Å². The summed E-state index contributed by atoms with van der Waals surface area (Å²) in [7, 11) is 1.66. The van der Waals surface area contributed by atoms with Crippen LogP contribution < -0.4 is 14.4 Å². The van der Waals surface area contributed by atoms with E-state index in [2.05, 4.69) is 30.1 Å². The van der Waals surface area contributed by atoms with Crippen LogP contribution in [-0.4, -0.2) is 42.2 Å². The predicted molar refractivity (Wildman–Crippen MR) is 136 cm³/mol. The van der Waals surface area contributed by atoms with Crippen molar-refractivity contribution in [3.05, 3.63) is 54.2 Å². The number of rotatable bonds is 10. The molecule has 34 heavy (non-hydrogen) atoms. The van der Waals surface area contributed by atoms with Crippen LogP contribution >= 0.6 is 0 Å². The molecule has 2 heterocycles. The lowest BCUT2D eigenvalue weighted by Gasteiger charge is -2.40. The van der Waals surface area contributed by atoms with Crippen LogP contribution in [0.4, 0.5) is 10.5 Å². The second-order valence-electron chi connectivity index (χ2n) is 9.68. The Labute approximate surface area is 201 Å². The maximum atomic E-state index is 13.6. The first kappa shape index (κ1) is 22.6. The molecule has 2 aromatic carbocycles. The molecule has 1 aromatic heterocycles. The Morgan fingerprint density at radius 2 is 1.94 bits per heavy atom. The summed E-state index contributed by atoms with van der Waals surface area (Å²) in [4.78, 5) is 20.7. The predicted octanol–water partition coefficient (Wildman–Crippen LogP) is 6.36. The highest BCUT2D eigenvalue weighted by Crippen LogP contribution is 2.36. The number of ether oxygens (including phenoxy) is 2. The fraction of sp³-hybridized carbons (Fsp3) is 0.464. The zero-order chi connectivity index (χ0) is 23.5. The van der Waals surface area contributed by atoms with Gasteiger partial charge in [-0.1, -0.05) is 31.4 Å². The third kappa shape index (κ3) is 4.86. The van der Waals surface area contributed by atoms with Gasteiger partial charge >= 0.3 is 6.03 Å². The monoisotopic (exact) mass is 461 g/mol. The molecule has 0 unspecified atom stereocenters. The van der Waals surface area contributed by atoms with Crippen LogP contribution in [-0.2, 0) is 6.54 Å². The van der Waals surface area contributed by atoms with Crippen molar-refractivity contribution in [2.75, 3.05) is 25.2 Å². The minimum Gasteiger partial charge on any atom is -0.493 e. The van der Waals surface area contributed by atoms with E-state index in [1.807, 2.05) is 40.3 Å². The van der Waals surface area contributed by atoms with Crippen LogP contribution in [0.3, 0.4) is 0 Å². The molecule has 2 amide bonds. The second-order valence-corrected chi connectivity index (χ2v) is 9.68. The zero-order valence-electron chi connectivity index (χ0n) is 20.3. The van der Waals surface area contributed by atoms with Gasteiger partial charge in [-0.15, -0.1) is 0 Å². The van der Waals surface area contributed by atoms with Gasteiger partial charge in [0.25, 0.3) is 0 Å². The molecule has 180 valence electrons. The van der Waals surface area contributed by atoms with Gasteiger partial charge in [-0.3, -0.25) is 4.90 Å². The van der Waals surface area contributed by atoms with Gasteiger partial charge in [-0.25, -0.2) is 4.79 Å². The number of amides is 2. The highest BCUT2D eigenvalue weighted by atomic mass is 16.5. The summed E-state index contributed by atoms with van der Waals surface area (Å²) in [6.45, 7) is 4.09. The van der Waals surface area contributed by atoms with Gasteiger partial charge in [0.05, 0.1) is 13.7 Å². The number of methoxy groups -OCH3 is 1. The molecule has 5 rings (SSSR count). The average Bonchev–Trinajstić information content (AvgIpc) is 3.54. The van der Waals surface area contributed by atoms with Crippen molar-refractivity contribution in [2.45, 2.75) is 58.0 Å². The summed E-state index contributed by atoms with van der Waals surface area (Å²) in [6, 6.07) is 14.3. The molecule has 0 bridgehead atoms. The fourth-order valence-corrected chi connectivity index (χ4v) is 4.92. The quantitative estimate of drug-likeness (QED) is 0.358. The Bertz CT molecular complexity index is 1140. The Kier molecular flexibility index (Phi) is 6.66. The molecule has 6 heteroatoms. The molecular formula is C28H35N3O3. The van der Waals surface area contributed by atoms with Crippen LogP contribution in [0.15, 0.2) is 48.7 Å². The number of hydrogen-bond donors (Lipinski definition) is 1. The van der Waals surface area contributed by atoms with Gasteiger partial charge in [0, 0.05) is 48.0 Å². The minimum atomic E-state index is 0.0341. The summed E-state index contributed by atoms with van der Waals surface area (Å²) in [6.07, 6.45) is 9.23. The number of aromatic amines is 1. The van der Waals surface area contributed by atoms with Crippen molar-refractivity contribution >= 4 is 22.6 Å². The van der Waals surface area contributed by atoms with E-state index in [-0.39, 0.29) is 12.1 Å². The summed E-state index contributed by atoms with van der Waals surface area (Å²) < 4.78 is 11.6.